The van der Waals surface area contributed by atoms with E-state index in [1.54, 1.807) is 6.92 Å². The van der Waals surface area contributed by atoms with Crippen LogP contribution in [0.2, 0.25) is 0 Å². The van der Waals surface area contributed by atoms with E-state index in [4.69, 9.17) is 4.74 Å². The fourth-order valence-electron chi connectivity index (χ4n) is 1.59. The first kappa shape index (κ1) is 14.2. The molecule has 1 amide bonds. The van der Waals surface area contributed by atoms with E-state index in [1.165, 1.54) is 4.90 Å². The number of rotatable bonds is 3. The highest BCUT2D eigenvalue weighted by Gasteiger charge is 2.30. The summed E-state index contributed by atoms with van der Waals surface area (Å²) in [5, 5.41) is 0. The Hall–Kier alpha value is -0.820. The number of amides is 1. The lowest BCUT2D eigenvalue weighted by atomic mass is 10.2. The highest BCUT2D eigenvalue weighted by Crippen LogP contribution is 2.15. The predicted octanol–water partition coefficient (Wildman–Crippen LogP) is 1.20. The second-order valence-electron chi connectivity index (χ2n) is 4.15. The van der Waals surface area contributed by atoms with Crippen molar-refractivity contribution in [2.45, 2.75) is 32.2 Å². The van der Waals surface area contributed by atoms with Gasteiger partial charge in [-0.3, -0.25) is 4.79 Å². The molecule has 7 heteroatoms. The van der Waals surface area contributed by atoms with Crippen LogP contribution >= 0.6 is 0 Å². The van der Waals surface area contributed by atoms with Crippen molar-refractivity contribution in [1.29, 1.82) is 0 Å². The van der Waals surface area contributed by atoms with E-state index < -0.39 is 25.3 Å². The van der Waals surface area contributed by atoms with E-state index in [9.17, 15) is 18.0 Å². The molecule has 0 aromatic rings. The topological polar surface area (TPSA) is 38.8 Å². The molecule has 0 N–H and O–H groups in total. The maximum Gasteiger partial charge on any atom is 0.411 e. The molecule has 1 aliphatic rings. The van der Waals surface area contributed by atoms with Crippen LogP contribution in [0.1, 0.15) is 13.8 Å². The van der Waals surface area contributed by atoms with Gasteiger partial charge in [-0.2, -0.15) is 13.2 Å². The van der Waals surface area contributed by atoms with Gasteiger partial charge in [0.25, 0.3) is 0 Å². The molecule has 0 radical (unpaired) electrons. The van der Waals surface area contributed by atoms with E-state index in [2.05, 4.69) is 4.74 Å². The maximum atomic E-state index is 11.8. The fourth-order valence-corrected chi connectivity index (χ4v) is 1.59. The summed E-state index contributed by atoms with van der Waals surface area (Å²) in [6, 6.07) is -0.131. The smallest absolute Gasteiger partial charge is 0.375 e. The third-order valence-electron chi connectivity index (χ3n) is 2.42. The molecule has 0 aliphatic carbocycles. The van der Waals surface area contributed by atoms with Crippen LogP contribution in [-0.2, 0) is 14.3 Å². The Balaban J connectivity index is 2.36. The lowest BCUT2D eigenvalue weighted by Gasteiger charge is -2.36. The van der Waals surface area contributed by atoms with E-state index in [1.807, 2.05) is 6.92 Å². The van der Waals surface area contributed by atoms with Crippen LogP contribution in [0.4, 0.5) is 13.2 Å². The summed E-state index contributed by atoms with van der Waals surface area (Å²) < 4.78 is 45.1. The Bertz CT molecular complexity index is 270. The quantitative estimate of drug-likeness (QED) is 0.760. The minimum atomic E-state index is -4.40. The van der Waals surface area contributed by atoms with Gasteiger partial charge in [-0.15, -0.1) is 0 Å². The van der Waals surface area contributed by atoms with Crippen LogP contribution in [0.25, 0.3) is 0 Å². The molecule has 0 aromatic carbocycles. The normalized spacial score (nSPS) is 26.1. The van der Waals surface area contributed by atoms with E-state index in [0.29, 0.717) is 13.2 Å². The van der Waals surface area contributed by atoms with Gasteiger partial charge in [0, 0.05) is 6.54 Å². The number of carbonyl (C=O) groups is 1. The molecule has 0 unspecified atom stereocenters. The Morgan fingerprint density at radius 3 is 2.71 bits per heavy atom. The molecule has 0 spiro atoms. The number of hydrogen-bond donors (Lipinski definition) is 0. The number of morpholine rings is 1. The van der Waals surface area contributed by atoms with Crippen LogP contribution in [0.3, 0.4) is 0 Å². The van der Waals surface area contributed by atoms with Crippen LogP contribution in [0.5, 0.6) is 0 Å². The van der Waals surface area contributed by atoms with E-state index in [0.717, 1.165) is 0 Å². The zero-order valence-electron chi connectivity index (χ0n) is 9.79. The third-order valence-corrected chi connectivity index (χ3v) is 2.42. The van der Waals surface area contributed by atoms with E-state index >= 15 is 0 Å². The van der Waals surface area contributed by atoms with Gasteiger partial charge in [0.15, 0.2) is 0 Å². The summed E-state index contributed by atoms with van der Waals surface area (Å²) >= 11 is 0. The Morgan fingerprint density at radius 2 is 2.12 bits per heavy atom. The lowest BCUT2D eigenvalue weighted by Crippen LogP contribution is -2.51. The van der Waals surface area contributed by atoms with Crippen molar-refractivity contribution in [2.75, 3.05) is 26.4 Å². The third kappa shape index (κ3) is 4.91. The summed E-state index contributed by atoms with van der Waals surface area (Å²) in [7, 11) is 0. The maximum absolute atomic E-state index is 11.8. The molecule has 0 saturated carbocycles. The molecule has 1 rings (SSSR count). The first-order valence-electron chi connectivity index (χ1n) is 5.35. The first-order chi connectivity index (χ1) is 7.79. The minimum absolute atomic E-state index is 0.0993. The van der Waals surface area contributed by atoms with Crippen molar-refractivity contribution in [2.24, 2.45) is 0 Å². The van der Waals surface area contributed by atoms with Gasteiger partial charge in [-0.1, -0.05) is 0 Å². The summed E-state index contributed by atoms with van der Waals surface area (Å²) in [5.74, 6) is -0.433. The number of ether oxygens (including phenoxy) is 2. The molecule has 0 bridgehead atoms. The van der Waals surface area contributed by atoms with Crippen molar-refractivity contribution < 1.29 is 27.4 Å². The molecule has 100 valence electrons. The van der Waals surface area contributed by atoms with Crippen molar-refractivity contribution >= 4 is 5.91 Å². The van der Waals surface area contributed by atoms with Crippen LogP contribution in [0.15, 0.2) is 0 Å². The summed E-state index contributed by atoms with van der Waals surface area (Å²) in [6.07, 6.45) is -4.50. The zero-order chi connectivity index (χ0) is 13.1. The first-order valence-corrected chi connectivity index (χ1v) is 5.35. The Morgan fingerprint density at radius 1 is 1.47 bits per heavy atom. The highest BCUT2D eigenvalue weighted by molar-refractivity contribution is 5.77. The van der Waals surface area contributed by atoms with Gasteiger partial charge in [0.1, 0.15) is 13.2 Å². The number of nitrogens with zero attached hydrogens (tertiary/aromatic N) is 1. The van der Waals surface area contributed by atoms with Crippen LogP contribution in [-0.4, -0.2) is 55.5 Å². The summed E-state index contributed by atoms with van der Waals surface area (Å²) in [6.45, 7) is 2.43. The number of alkyl halides is 3. The van der Waals surface area contributed by atoms with Crippen LogP contribution < -0.4 is 0 Å². The highest BCUT2D eigenvalue weighted by atomic mass is 19.4. The van der Waals surface area contributed by atoms with Gasteiger partial charge in [-0.05, 0) is 13.8 Å². The summed E-state index contributed by atoms with van der Waals surface area (Å²) in [4.78, 5) is 13.1. The SMILES string of the molecule is C[C@@H]1CO[C@@H](C)CN1C(=O)COCC(F)(F)F. The largest absolute Gasteiger partial charge is 0.411 e. The average molecular weight is 255 g/mol. The van der Waals surface area contributed by atoms with Gasteiger partial charge in [-0.25, -0.2) is 0 Å². The minimum Gasteiger partial charge on any atom is -0.375 e. The lowest BCUT2D eigenvalue weighted by molar-refractivity contribution is -0.180. The van der Waals surface area contributed by atoms with Gasteiger partial charge in [0.2, 0.25) is 5.91 Å². The molecule has 0 aromatic heterocycles. The van der Waals surface area contributed by atoms with Gasteiger partial charge >= 0.3 is 6.18 Å². The second kappa shape index (κ2) is 5.68. The Labute approximate surface area is 97.7 Å². The Kier molecular flexibility index (Phi) is 4.76. The predicted molar refractivity (Wildman–Crippen MR) is 53.5 cm³/mol. The van der Waals surface area contributed by atoms with E-state index in [-0.39, 0.29) is 12.1 Å². The molecular formula is C10H16F3NO3. The van der Waals surface area contributed by atoms with Gasteiger partial charge < -0.3 is 14.4 Å². The van der Waals surface area contributed by atoms with Crippen molar-refractivity contribution in [1.82, 2.24) is 4.90 Å². The molecule has 2 atom stereocenters. The number of carbonyl (C=O) groups excluding carboxylic acids is 1. The average Bonchev–Trinajstić information content (AvgIpc) is 2.19. The standard InChI is InChI=1S/C10H16F3NO3/c1-7-4-17-8(2)3-14(7)9(15)5-16-6-10(11,12)13/h7-8H,3-6H2,1-2H3/t7-,8+/m1/s1. The monoisotopic (exact) mass is 255 g/mol. The van der Waals surface area contributed by atoms with Gasteiger partial charge in [0.05, 0.1) is 18.8 Å². The van der Waals surface area contributed by atoms with Crippen molar-refractivity contribution in [3.8, 4) is 0 Å². The fraction of sp³-hybridized carbons (Fsp3) is 0.900. The van der Waals surface area contributed by atoms with Crippen molar-refractivity contribution in [3.63, 3.8) is 0 Å². The summed E-state index contributed by atoms with van der Waals surface area (Å²) in [5.41, 5.74) is 0. The zero-order valence-corrected chi connectivity index (χ0v) is 9.79. The van der Waals surface area contributed by atoms with Crippen LogP contribution in [0, 0.1) is 0 Å². The molecule has 1 aliphatic heterocycles. The molecule has 1 heterocycles. The van der Waals surface area contributed by atoms with Crippen molar-refractivity contribution in [3.05, 3.63) is 0 Å². The molecule has 4 nitrogen and oxygen atoms in total. The second-order valence-corrected chi connectivity index (χ2v) is 4.15. The molecular weight excluding hydrogens is 239 g/mol. The molecule has 1 saturated heterocycles. The number of halogens is 3. The molecule has 1 fully saturated rings. The molecule has 17 heavy (non-hydrogen) atoms. The number of hydrogen-bond acceptors (Lipinski definition) is 3.